The quantitative estimate of drug-likeness (QED) is 0.332. The van der Waals surface area contributed by atoms with Crippen LogP contribution in [-0.4, -0.2) is 49.2 Å². The highest BCUT2D eigenvalue weighted by atomic mass is 32.1. The van der Waals surface area contributed by atoms with E-state index in [9.17, 15) is 4.79 Å². The second kappa shape index (κ2) is 11.4. The van der Waals surface area contributed by atoms with Crippen molar-refractivity contribution in [3.63, 3.8) is 0 Å². The predicted molar refractivity (Wildman–Crippen MR) is 145 cm³/mol. The molecule has 1 unspecified atom stereocenters. The number of para-hydroxylation sites is 1. The van der Waals surface area contributed by atoms with Crippen LogP contribution >= 0.6 is 11.3 Å². The first-order valence-corrected chi connectivity index (χ1v) is 12.9. The molecule has 3 aromatic carbocycles. The fraction of sp³-hybridized carbons (Fsp3) is 0.241. The number of hydrogen-bond donors (Lipinski definition) is 1. The molecule has 5 rings (SSSR count). The third kappa shape index (κ3) is 5.58. The maximum Gasteiger partial charge on any atom is 0.223 e. The van der Waals surface area contributed by atoms with Gasteiger partial charge in [0, 0.05) is 42.9 Å². The van der Waals surface area contributed by atoms with Crippen molar-refractivity contribution in [2.24, 2.45) is 0 Å². The van der Waals surface area contributed by atoms with Crippen LogP contribution < -0.4 is 10.1 Å². The first kappa shape index (κ1) is 24.0. The van der Waals surface area contributed by atoms with E-state index in [1.807, 2.05) is 71.8 Å². The van der Waals surface area contributed by atoms with E-state index in [1.165, 1.54) is 0 Å². The van der Waals surface area contributed by atoms with Crippen LogP contribution in [-0.2, 0) is 9.53 Å². The zero-order valence-corrected chi connectivity index (χ0v) is 21.0. The lowest BCUT2D eigenvalue weighted by molar-refractivity contribution is -0.135. The van der Waals surface area contributed by atoms with Gasteiger partial charge in [0.2, 0.25) is 5.91 Å². The molecule has 7 heteroatoms. The lowest BCUT2D eigenvalue weighted by Gasteiger charge is -2.29. The van der Waals surface area contributed by atoms with Crippen molar-refractivity contribution in [1.82, 2.24) is 9.88 Å². The second-order valence-electron chi connectivity index (χ2n) is 8.62. The lowest BCUT2D eigenvalue weighted by atomic mass is 9.88. The van der Waals surface area contributed by atoms with Crippen molar-refractivity contribution in [1.29, 1.82) is 0 Å². The summed E-state index contributed by atoms with van der Waals surface area (Å²) >= 11 is 1.65. The molecule has 0 saturated carbocycles. The SMILES string of the molecule is COc1ccc(N/C=C(\c2nc3ccccc3s2)C(CC(=O)N2CCOCC2)c2ccccc2)cc1. The summed E-state index contributed by atoms with van der Waals surface area (Å²) in [5.41, 5.74) is 3.96. The molecule has 1 aromatic heterocycles. The van der Waals surface area contributed by atoms with Gasteiger partial charge in [-0.1, -0.05) is 42.5 Å². The smallest absolute Gasteiger partial charge is 0.223 e. The maximum absolute atomic E-state index is 13.4. The van der Waals surface area contributed by atoms with Crippen LogP contribution in [0.15, 0.2) is 85.1 Å². The monoisotopic (exact) mass is 499 g/mol. The zero-order valence-electron chi connectivity index (χ0n) is 20.2. The number of anilines is 1. The number of amides is 1. The van der Waals surface area contributed by atoms with E-state index >= 15 is 0 Å². The van der Waals surface area contributed by atoms with E-state index in [1.54, 1.807) is 18.4 Å². The molecule has 0 bridgehead atoms. The van der Waals surface area contributed by atoms with Crippen LogP contribution in [0.4, 0.5) is 5.69 Å². The Kier molecular flexibility index (Phi) is 7.59. The van der Waals surface area contributed by atoms with E-state index in [2.05, 4.69) is 23.5 Å². The minimum absolute atomic E-state index is 0.128. The molecule has 0 spiro atoms. The molecule has 1 aliphatic heterocycles. The van der Waals surface area contributed by atoms with Gasteiger partial charge >= 0.3 is 0 Å². The van der Waals surface area contributed by atoms with Crippen LogP contribution in [0, 0.1) is 0 Å². The number of carbonyl (C=O) groups is 1. The van der Waals surface area contributed by atoms with Gasteiger partial charge in [0.25, 0.3) is 0 Å². The summed E-state index contributed by atoms with van der Waals surface area (Å²) in [7, 11) is 1.66. The van der Waals surface area contributed by atoms with Gasteiger partial charge in [-0.3, -0.25) is 4.79 Å². The van der Waals surface area contributed by atoms with Gasteiger partial charge in [0.15, 0.2) is 0 Å². The van der Waals surface area contributed by atoms with Crippen LogP contribution in [0.1, 0.15) is 22.9 Å². The fourth-order valence-electron chi connectivity index (χ4n) is 4.36. The molecule has 1 amide bonds. The number of aromatic nitrogens is 1. The van der Waals surface area contributed by atoms with Gasteiger partial charge in [0.1, 0.15) is 10.8 Å². The number of morpholine rings is 1. The molecule has 36 heavy (non-hydrogen) atoms. The molecular formula is C29H29N3O3S. The number of fused-ring (bicyclic) bond motifs is 1. The van der Waals surface area contributed by atoms with E-state index in [-0.39, 0.29) is 11.8 Å². The third-order valence-electron chi connectivity index (χ3n) is 6.35. The number of nitrogens with zero attached hydrogens (tertiary/aromatic N) is 2. The number of hydrogen-bond acceptors (Lipinski definition) is 6. The fourth-order valence-corrected chi connectivity index (χ4v) is 5.40. The predicted octanol–water partition coefficient (Wildman–Crippen LogP) is 5.79. The van der Waals surface area contributed by atoms with E-state index in [0.717, 1.165) is 37.8 Å². The number of rotatable bonds is 8. The minimum Gasteiger partial charge on any atom is -0.497 e. The molecular weight excluding hydrogens is 470 g/mol. The molecule has 1 atom stereocenters. The highest BCUT2D eigenvalue weighted by Crippen LogP contribution is 2.39. The highest BCUT2D eigenvalue weighted by molar-refractivity contribution is 7.19. The van der Waals surface area contributed by atoms with Crippen molar-refractivity contribution in [3.05, 3.63) is 95.6 Å². The molecule has 1 aliphatic rings. The van der Waals surface area contributed by atoms with Gasteiger partial charge in [-0.2, -0.15) is 0 Å². The normalized spacial score (nSPS) is 15.0. The van der Waals surface area contributed by atoms with E-state index < -0.39 is 0 Å². The lowest BCUT2D eigenvalue weighted by Crippen LogP contribution is -2.41. The standard InChI is InChI=1S/C29H29N3O3S/c1-34-23-13-11-22(12-14-23)30-20-25(29-31-26-9-5-6-10-27(26)36-29)24(21-7-3-2-4-8-21)19-28(33)32-15-17-35-18-16-32/h2-14,20,24,30H,15-19H2,1H3/b25-20-. The number of allylic oxidation sites excluding steroid dienone is 1. The number of nitrogens with one attached hydrogen (secondary N) is 1. The number of methoxy groups -OCH3 is 1. The molecule has 6 nitrogen and oxygen atoms in total. The van der Waals surface area contributed by atoms with Crippen molar-refractivity contribution in [2.75, 3.05) is 38.7 Å². The Balaban J connectivity index is 1.54. The number of thiazole rings is 1. The van der Waals surface area contributed by atoms with Crippen molar-refractivity contribution in [3.8, 4) is 5.75 Å². The first-order valence-electron chi connectivity index (χ1n) is 12.1. The Hall–Kier alpha value is -3.68. The minimum atomic E-state index is -0.159. The number of carbonyl (C=O) groups excluding carboxylic acids is 1. The van der Waals surface area contributed by atoms with Crippen LogP contribution in [0.3, 0.4) is 0 Å². The van der Waals surface area contributed by atoms with Gasteiger partial charge in [-0.15, -0.1) is 11.3 Å². The summed E-state index contributed by atoms with van der Waals surface area (Å²) in [5, 5.41) is 4.35. The topological polar surface area (TPSA) is 63.7 Å². The van der Waals surface area contributed by atoms with Crippen LogP contribution in [0.2, 0.25) is 0 Å². The Morgan fingerprint density at radius 2 is 1.78 bits per heavy atom. The molecule has 4 aromatic rings. The van der Waals surface area contributed by atoms with E-state index in [4.69, 9.17) is 14.5 Å². The Morgan fingerprint density at radius 3 is 2.50 bits per heavy atom. The van der Waals surface area contributed by atoms with E-state index in [0.29, 0.717) is 32.7 Å². The van der Waals surface area contributed by atoms with Crippen LogP contribution in [0.25, 0.3) is 15.8 Å². The summed E-state index contributed by atoms with van der Waals surface area (Å²) in [6, 6.07) is 26.2. The van der Waals surface area contributed by atoms with Gasteiger partial charge in [-0.25, -0.2) is 4.98 Å². The second-order valence-corrected chi connectivity index (χ2v) is 9.65. The largest absolute Gasteiger partial charge is 0.497 e. The summed E-state index contributed by atoms with van der Waals surface area (Å²) < 4.78 is 11.9. The molecule has 1 fully saturated rings. The molecule has 1 N–H and O–H groups in total. The average molecular weight is 500 g/mol. The van der Waals surface area contributed by atoms with Crippen molar-refractivity contribution in [2.45, 2.75) is 12.3 Å². The zero-order chi connectivity index (χ0) is 24.7. The average Bonchev–Trinajstić information content (AvgIpc) is 3.38. The van der Waals surface area contributed by atoms with Crippen molar-refractivity contribution < 1.29 is 14.3 Å². The highest BCUT2D eigenvalue weighted by Gasteiger charge is 2.27. The number of benzene rings is 3. The maximum atomic E-state index is 13.4. The summed E-state index contributed by atoms with van der Waals surface area (Å²) in [4.78, 5) is 20.3. The Bertz CT molecular complexity index is 1300. The van der Waals surface area contributed by atoms with Crippen molar-refractivity contribution >= 4 is 38.7 Å². The molecule has 0 aliphatic carbocycles. The first-order chi connectivity index (χ1) is 17.7. The molecule has 1 saturated heterocycles. The summed E-state index contributed by atoms with van der Waals surface area (Å²) in [5.74, 6) is 0.769. The summed E-state index contributed by atoms with van der Waals surface area (Å²) in [6.07, 6.45) is 2.36. The van der Waals surface area contributed by atoms with Gasteiger partial charge in [-0.05, 0) is 42.0 Å². The molecule has 184 valence electrons. The summed E-state index contributed by atoms with van der Waals surface area (Å²) in [6.45, 7) is 2.43. The van der Waals surface area contributed by atoms with Crippen LogP contribution in [0.5, 0.6) is 5.75 Å². The molecule has 2 heterocycles. The Morgan fingerprint density at radius 1 is 1.06 bits per heavy atom. The van der Waals surface area contributed by atoms with Gasteiger partial charge < -0.3 is 19.7 Å². The molecule has 0 radical (unpaired) electrons. The Labute approximate surface area is 215 Å². The third-order valence-corrected chi connectivity index (χ3v) is 7.43. The number of ether oxygens (including phenoxy) is 2. The van der Waals surface area contributed by atoms with Gasteiger partial charge in [0.05, 0.1) is 30.5 Å².